The van der Waals surface area contributed by atoms with Crippen LogP contribution in [0.2, 0.25) is 0 Å². The Balaban J connectivity index is 2.56. The molecule has 1 aromatic rings. The molecule has 0 aliphatic heterocycles. The third-order valence-corrected chi connectivity index (χ3v) is 2.45. The fourth-order valence-corrected chi connectivity index (χ4v) is 1.55. The molecular formula is C12H22N4. The molecule has 0 amide bonds. The zero-order valence-corrected chi connectivity index (χ0v) is 10.5. The number of aromatic nitrogens is 2. The summed E-state index contributed by atoms with van der Waals surface area (Å²) in [4.78, 5) is 10.7. The van der Waals surface area contributed by atoms with Crippen LogP contribution in [0.3, 0.4) is 0 Å². The molecule has 0 saturated heterocycles. The van der Waals surface area contributed by atoms with E-state index in [1.807, 2.05) is 6.20 Å². The monoisotopic (exact) mass is 222 g/mol. The average molecular weight is 222 g/mol. The second-order valence-corrected chi connectivity index (χ2v) is 4.23. The summed E-state index contributed by atoms with van der Waals surface area (Å²) in [7, 11) is 4.18. The van der Waals surface area contributed by atoms with E-state index >= 15 is 0 Å². The van der Waals surface area contributed by atoms with Gasteiger partial charge in [-0.3, -0.25) is 9.97 Å². The first-order valence-corrected chi connectivity index (χ1v) is 5.88. The van der Waals surface area contributed by atoms with Crippen LogP contribution in [0.5, 0.6) is 0 Å². The van der Waals surface area contributed by atoms with Gasteiger partial charge in [0.05, 0.1) is 11.7 Å². The molecule has 0 spiro atoms. The number of rotatable bonds is 7. The molecule has 1 rings (SSSR count). The SMILES string of the molecule is CCCNC(CCN(C)C)c1cnccn1. The molecule has 0 bridgehead atoms. The van der Waals surface area contributed by atoms with E-state index in [2.05, 4.69) is 41.2 Å². The first-order valence-electron chi connectivity index (χ1n) is 5.88. The summed E-state index contributed by atoms with van der Waals surface area (Å²) < 4.78 is 0. The Morgan fingerprint density at radius 3 is 2.75 bits per heavy atom. The first-order chi connectivity index (χ1) is 7.74. The van der Waals surface area contributed by atoms with E-state index in [9.17, 15) is 0 Å². The number of nitrogens with zero attached hydrogens (tertiary/aromatic N) is 3. The number of hydrogen-bond donors (Lipinski definition) is 1. The lowest BCUT2D eigenvalue weighted by Crippen LogP contribution is -2.27. The molecule has 1 atom stereocenters. The van der Waals surface area contributed by atoms with E-state index in [4.69, 9.17) is 0 Å². The van der Waals surface area contributed by atoms with Crippen LogP contribution in [-0.4, -0.2) is 42.1 Å². The van der Waals surface area contributed by atoms with Crippen molar-refractivity contribution < 1.29 is 0 Å². The van der Waals surface area contributed by atoms with Crippen molar-refractivity contribution in [2.45, 2.75) is 25.8 Å². The summed E-state index contributed by atoms with van der Waals surface area (Å²) in [5.41, 5.74) is 1.04. The van der Waals surface area contributed by atoms with Crippen molar-refractivity contribution >= 4 is 0 Å². The largest absolute Gasteiger partial charge is 0.309 e. The highest BCUT2D eigenvalue weighted by molar-refractivity contribution is 5.02. The van der Waals surface area contributed by atoms with Crippen LogP contribution in [0.25, 0.3) is 0 Å². The van der Waals surface area contributed by atoms with E-state index < -0.39 is 0 Å². The highest BCUT2D eigenvalue weighted by atomic mass is 15.1. The molecule has 4 heteroatoms. The Bertz CT molecular complexity index is 274. The van der Waals surface area contributed by atoms with Crippen molar-refractivity contribution in [2.24, 2.45) is 0 Å². The molecule has 1 aromatic heterocycles. The Kier molecular flexibility index (Phi) is 5.96. The second kappa shape index (κ2) is 7.30. The van der Waals surface area contributed by atoms with Gasteiger partial charge in [0.2, 0.25) is 0 Å². The Morgan fingerprint density at radius 1 is 1.38 bits per heavy atom. The molecule has 1 heterocycles. The maximum absolute atomic E-state index is 4.37. The van der Waals surface area contributed by atoms with Crippen molar-refractivity contribution in [3.8, 4) is 0 Å². The van der Waals surface area contributed by atoms with Crippen LogP contribution >= 0.6 is 0 Å². The normalized spacial score (nSPS) is 13.0. The van der Waals surface area contributed by atoms with Gasteiger partial charge in [0, 0.05) is 18.6 Å². The van der Waals surface area contributed by atoms with Crippen molar-refractivity contribution in [1.82, 2.24) is 20.2 Å². The van der Waals surface area contributed by atoms with Gasteiger partial charge in [-0.2, -0.15) is 0 Å². The second-order valence-electron chi connectivity index (χ2n) is 4.23. The molecule has 16 heavy (non-hydrogen) atoms. The fourth-order valence-electron chi connectivity index (χ4n) is 1.55. The van der Waals surface area contributed by atoms with Crippen molar-refractivity contribution in [2.75, 3.05) is 27.2 Å². The van der Waals surface area contributed by atoms with Crippen LogP contribution in [0.1, 0.15) is 31.5 Å². The van der Waals surface area contributed by atoms with E-state index in [-0.39, 0.29) is 0 Å². The van der Waals surface area contributed by atoms with E-state index in [1.165, 1.54) is 0 Å². The van der Waals surface area contributed by atoms with Crippen molar-refractivity contribution in [1.29, 1.82) is 0 Å². The third kappa shape index (κ3) is 4.68. The minimum absolute atomic E-state index is 0.316. The molecule has 0 saturated carbocycles. The van der Waals surface area contributed by atoms with Crippen LogP contribution in [-0.2, 0) is 0 Å². The molecule has 0 aliphatic carbocycles. The van der Waals surface area contributed by atoms with Gasteiger partial charge in [-0.1, -0.05) is 6.92 Å². The zero-order chi connectivity index (χ0) is 11.8. The van der Waals surface area contributed by atoms with Gasteiger partial charge in [0.25, 0.3) is 0 Å². The minimum atomic E-state index is 0.316. The summed E-state index contributed by atoms with van der Waals surface area (Å²) in [5.74, 6) is 0. The lowest BCUT2D eigenvalue weighted by molar-refractivity contribution is 0.358. The van der Waals surface area contributed by atoms with Gasteiger partial charge in [0.15, 0.2) is 0 Å². The summed E-state index contributed by atoms with van der Waals surface area (Å²) in [6.45, 7) is 4.25. The van der Waals surface area contributed by atoms with Crippen LogP contribution in [0.15, 0.2) is 18.6 Å². The predicted octanol–water partition coefficient (Wildman–Crippen LogP) is 1.47. The zero-order valence-electron chi connectivity index (χ0n) is 10.5. The van der Waals surface area contributed by atoms with Gasteiger partial charge < -0.3 is 10.2 Å². The van der Waals surface area contributed by atoms with Gasteiger partial charge in [-0.15, -0.1) is 0 Å². The standard InChI is InChI=1S/C12H22N4/c1-4-6-14-11(5-9-16(2)3)12-10-13-7-8-15-12/h7-8,10-11,14H,4-6,9H2,1-3H3. The van der Waals surface area contributed by atoms with Crippen LogP contribution in [0.4, 0.5) is 0 Å². The van der Waals surface area contributed by atoms with E-state index in [1.54, 1.807) is 12.4 Å². The molecular weight excluding hydrogens is 200 g/mol. The van der Waals surface area contributed by atoms with Gasteiger partial charge in [0.1, 0.15) is 0 Å². The smallest absolute Gasteiger partial charge is 0.0756 e. The van der Waals surface area contributed by atoms with Crippen molar-refractivity contribution in [3.05, 3.63) is 24.3 Å². The highest BCUT2D eigenvalue weighted by Crippen LogP contribution is 2.13. The topological polar surface area (TPSA) is 41.0 Å². The maximum atomic E-state index is 4.37. The summed E-state index contributed by atoms with van der Waals surface area (Å²) in [5, 5.41) is 3.51. The molecule has 0 radical (unpaired) electrons. The predicted molar refractivity (Wildman–Crippen MR) is 66.2 cm³/mol. The summed E-state index contributed by atoms with van der Waals surface area (Å²) in [6, 6.07) is 0.316. The number of nitrogens with one attached hydrogen (secondary N) is 1. The van der Waals surface area contributed by atoms with Crippen LogP contribution < -0.4 is 5.32 Å². The minimum Gasteiger partial charge on any atom is -0.309 e. The Morgan fingerprint density at radius 2 is 2.19 bits per heavy atom. The molecule has 0 aromatic carbocycles. The van der Waals surface area contributed by atoms with E-state index in [0.717, 1.165) is 31.6 Å². The molecule has 4 nitrogen and oxygen atoms in total. The molecule has 0 aliphatic rings. The van der Waals surface area contributed by atoms with Gasteiger partial charge in [-0.25, -0.2) is 0 Å². The maximum Gasteiger partial charge on any atom is 0.0756 e. The quantitative estimate of drug-likeness (QED) is 0.758. The molecule has 90 valence electrons. The van der Waals surface area contributed by atoms with Gasteiger partial charge >= 0.3 is 0 Å². The lowest BCUT2D eigenvalue weighted by atomic mass is 10.1. The van der Waals surface area contributed by atoms with Crippen LogP contribution in [0, 0.1) is 0 Å². The Hall–Kier alpha value is -1.00. The summed E-state index contributed by atoms with van der Waals surface area (Å²) in [6.07, 6.45) is 7.52. The Labute approximate surface area is 98.1 Å². The summed E-state index contributed by atoms with van der Waals surface area (Å²) >= 11 is 0. The average Bonchev–Trinajstić information content (AvgIpc) is 2.30. The highest BCUT2D eigenvalue weighted by Gasteiger charge is 2.11. The first kappa shape index (κ1) is 13.1. The molecule has 1 N–H and O–H groups in total. The van der Waals surface area contributed by atoms with Gasteiger partial charge in [-0.05, 0) is 40.0 Å². The van der Waals surface area contributed by atoms with E-state index in [0.29, 0.717) is 6.04 Å². The molecule has 0 fully saturated rings. The van der Waals surface area contributed by atoms with Crippen molar-refractivity contribution in [3.63, 3.8) is 0 Å². The fraction of sp³-hybridized carbons (Fsp3) is 0.667. The third-order valence-electron chi connectivity index (χ3n) is 2.45. The molecule has 1 unspecified atom stereocenters. The number of hydrogen-bond acceptors (Lipinski definition) is 4. The lowest BCUT2D eigenvalue weighted by Gasteiger charge is -2.19.